The molecule has 0 bridgehead atoms. The van der Waals surface area contributed by atoms with Gasteiger partial charge >= 0.3 is 5.97 Å². The molecule has 2 aromatic carbocycles. The molecule has 0 saturated heterocycles. The van der Waals surface area contributed by atoms with Crippen LogP contribution in [0, 0.1) is 0 Å². The van der Waals surface area contributed by atoms with E-state index in [-0.39, 0.29) is 0 Å². The summed E-state index contributed by atoms with van der Waals surface area (Å²) in [5, 5.41) is 9.02. The van der Waals surface area contributed by atoms with Gasteiger partial charge in [0.1, 0.15) is 18.1 Å². The molecule has 4 nitrogen and oxygen atoms in total. The van der Waals surface area contributed by atoms with Gasteiger partial charge < -0.3 is 14.6 Å². The van der Waals surface area contributed by atoms with Gasteiger partial charge in [-0.25, -0.2) is 4.79 Å². The first-order valence-electron chi connectivity index (χ1n) is 6.66. The molecule has 1 N–H and O–H groups in total. The van der Waals surface area contributed by atoms with Gasteiger partial charge in [-0.3, -0.25) is 0 Å². The van der Waals surface area contributed by atoms with Crippen LogP contribution in [0.2, 0.25) is 0 Å². The molecule has 2 rings (SSSR count). The Kier molecular flexibility index (Phi) is 4.48. The minimum Gasteiger partial charge on any atom is -0.489 e. The van der Waals surface area contributed by atoms with E-state index < -0.39 is 11.6 Å². The van der Waals surface area contributed by atoms with E-state index in [1.54, 1.807) is 24.3 Å². The second-order valence-corrected chi connectivity index (χ2v) is 5.16. The van der Waals surface area contributed by atoms with Crippen LogP contribution in [0.5, 0.6) is 11.5 Å². The van der Waals surface area contributed by atoms with Crippen molar-refractivity contribution in [1.29, 1.82) is 0 Å². The van der Waals surface area contributed by atoms with Gasteiger partial charge in [0.25, 0.3) is 0 Å². The normalized spacial score (nSPS) is 11.0. The first-order chi connectivity index (χ1) is 9.97. The van der Waals surface area contributed by atoms with E-state index in [2.05, 4.69) is 0 Å². The summed E-state index contributed by atoms with van der Waals surface area (Å²) in [6.07, 6.45) is 0. The Bertz CT molecular complexity index is 588. The van der Waals surface area contributed by atoms with Crippen molar-refractivity contribution < 1.29 is 19.4 Å². The van der Waals surface area contributed by atoms with Crippen LogP contribution in [0.3, 0.4) is 0 Å². The van der Waals surface area contributed by atoms with Crippen LogP contribution in [-0.4, -0.2) is 16.7 Å². The quantitative estimate of drug-likeness (QED) is 0.883. The Hall–Kier alpha value is -2.49. The number of ether oxygens (including phenoxy) is 2. The van der Waals surface area contributed by atoms with Gasteiger partial charge in [-0.05, 0) is 43.7 Å². The van der Waals surface area contributed by atoms with Crippen molar-refractivity contribution in [3.63, 3.8) is 0 Å². The maximum Gasteiger partial charge on any atom is 0.347 e. The summed E-state index contributed by atoms with van der Waals surface area (Å²) in [5.74, 6) is 0.195. The molecule has 0 unspecified atom stereocenters. The molecule has 2 aromatic rings. The lowest BCUT2D eigenvalue weighted by molar-refractivity contribution is -0.152. The third kappa shape index (κ3) is 4.24. The predicted molar refractivity (Wildman–Crippen MR) is 79.6 cm³/mol. The smallest absolute Gasteiger partial charge is 0.347 e. The minimum atomic E-state index is -1.26. The number of aliphatic carboxylic acids is 1. The Morgan fingerprint density at radius 1 is 1.00 bits per heavy atom. The molecule has 0 fully saturated rings. The van der Waals surface area contributed by atoms with Crippen molar-refractivity contribution in [2.75, 3.05) is 0 Å². The predicted octanol–water partition coefficient (Wildman–Crippen LogP) is 3.51. The topological polar surface area (TPSA) is 55.8 Å². The average molecular weight is 286 g/mol. The summed E-state index contributed by atoms with van der Waals surface area (Å²) in [6.45, 7) is 3.51. The third-order valence-corrected chi connectivity index (χ3v) is 2.96. The molecule has 0 atom stereocenters. The molecule has 0 radical (unpaired) electrons. The molecule has 0 amide bonds. The fourth-order valence-corrected chi connectivity index (χ4v) is 1.68. The Labute approximate surface area is 123 Å². The van der Waals surface area contributed by atoms with Crippen molar-refractivity contribution in [1.82, 2.24) is 0 Å². The van der Waals surface area contributed by atoms with Crippen LogP contribution >= 0.6 is 0 Å². The maximum atomic E-state index is 11.0. The van der Waals surface area contributed by atoms with Gasteiger partial charge in [0.15, 0.2) is 5.60 Å². The van der Waals surface area contributed by atoms with E-state index in [1.807, 2.05) is 30.3 Å². The lowest BCUT2D eigenvalue weighted by Gasteiger charge is -2.21. The Morgan fingerprint density at radius 3 is 2.14 bits per heavy atom. The molecule has 21 heavy (non-hydrogen) atoms. The number of hydrogen-bond donors (Lipinski definition) is 1. The van der Waals surface area contributed by atoms with Crippen LogP contribution in [0.25, 0.3) is 0 Å². The summed E-state index contributed by atoms with van der Waals surface area (Å²) in [6, 6.07) is 16.8. The minimum absolute atomic E-state index is 0.488. The lowest BCUT2D eigenvalue weighted by atomic mass is 10.1. The second-order valence-electron chi connectivity index (χ2n) is 5.16. The number of hydrogen-bond acceptors (Lipinski definition) is 3. The summed E-state index contributed by atoms with van der Waals surface area (Å²) in [4.78, 5) is 11.0. The Morgan fingerprint density at radius 2 is 1.57 bits per heavy atom. The zero-order valence-corrected chi connectivity index (χ0v) is 12.1. The van der Waals surface area contributed by atoms with Crippen LogP contribution in [0.1, 0.15) is 19.4 Å². The molecule has 0 aliphatic rings. The summed E-state index contributed by atoms with van der Waals surface area (Å²) < 4.78 is 11.1. The van der Waals surface area contributed by atoms with Crippen LogP contribution < -0.4 is 9.47 Å². The molecule has 0 aromatic heterocycles. The van der Waals surface area contributed by atoms with Crippen LogP contribution in [0.15, 0.2) is 54.6 Å². The first kappa shape index (κ1) is 14.9. The highest BCUT2D eigenvalue weighted by molar-refractivity contribution is 5.76. The monoisotopic (exact) mass is 286 g/mol. The van der Waals surface area contributed by atoms with E-state index in [1.165, 1.54) is 13.8 Å². The largest absolute Gasteiger partial charge is 0.489 e. The fraction of sp³-hybridized carbons (Fsp3) is 0.235. The number of carboxylic acid groups (broad SMARTS) is 1. The molecule has 0 aliphatic heterocycles. The highest BCUT2D eigenvalue weighted by atomic mass is 16.5. The summed E-state index contributed by atoms with van der Waals surface area (Å²) in [7, 11) is 0. The lowest BCUT2D eigenvalue weighted by Crippen LogP contribution is -2.37. The molecule has 110 valence electrons. The van der Waals surface area contributed by atoms with Crippen molar-refractivity contribution in [3.8, 4) is 11.5 Å². The zero-order valence-electron chi connectivity index (χ0n) is 12.1. The van der Waals surface area contributed by atoms with E-state index in [9.17, 15) is 4.79 Å². The highest BCUT2D eigenvalue weighted by Crippen LogP contribution is 2.22. The van der Waals surface area contributed by atoms with Crippen molar-refractivity contribution >= 4 is 5.97 Å². The first-order valence-corrected chi connectivity index (χ1v) is 6.66. The molecule has 4 heteroatoms. The number of carboxylic acids is 1. The maximum absolute atomic E-state index is 11.0. The third-order valence-electron chi connectivity index (χ3n) is 2.96. The van der Waals surface area contributed by atoms with Gasteiger partial charge in [0.05, 0.1) is 0 Å². The van der Waals surface area contributed by atoms with Crippen LogP contribution in [0.4, 0.5) is 0 Å². The average Bonchev–Trinajstić information content (AvgIpc) is 2.47. The number of carbonyl (C=O) groups is 1. The molecule has 0 saturated carbocycles. The van der Waals surface area contributed by atoms with Gasteiger partial charge in [0.2, 0.25) is 0 Å². The summed E-state index contributed by atoms with van der Waals surface area (Å²) in [5.41, 5.74) is -0.170. The molecular weight excluding hydrogens is 268 g/mol. The SMILES string of the molecule is CC(C)(Oc1ccc(OCc2ccccc2)cc1)C(=O)O. The number of rotatable bonds is 6. The van der Waals surface area contributed by atoms with Crippen LogP contribution in [-0.2, 0) is 11.4 Å². The van der Waals surface area contributed by atoms with Gasteiger partial charge in [0, 0.05) is 0 Å². The standard InChI is InChI=1S/C17H18O4/c1-17(2,16(18)19)21-15-10-8-14(9-11-15)20-12-13-6-4-3-5-7-13/h3-11H,12H2,1-2H3,(H,18,19). The van der Waals surface area contributed by atoms with Crippen molar-refractivity contribution in [3.05, 3.63) is 60.2 Å². The summed E-state index contributed by atoms with van der Waals surface area (Å²) >= 11 is 0. The van der Waals surface area contributed by atoms with E-state index in [4.69, 9.17) is 14.6 Å². The highest BCUT2D eigenvalue weighted by Gasteiger charge is 2.29. The fourth-order valence-electron chi connectivity index (χ4n) is 1.68. The van der Waals surface area contributed by atoms with Crippen molar-refractivity contribution in [2.45, 2.75) is 26.1 Å². The molecule has 0 spiro atoms. The van der Waals surface area contributed by atoms with Gasteiger partial charge in [-0.15, -0.1) is 0 Å². The van der Waals surface area contributed by atoms with E-state index in [0.29, 0.717) is 18.1 Å². The molecular formula is C17H18O4. The van der Waals surface area contributed by atoms with E-state index in [0.717, 1.165) is 5.56 Å². The van der Waals surface area contributed by atoms with Gasteiger partial charge in [-0.1, -0.05) is 30.3 Å². The number of benzene rings is 2. The Balaban J connectivity index is 1.95. The second kappa shape index (κ2) is 6.31. The molecule has 0 heterocycles. The van der Waals surface area contributed by atoms with Gasteiger partial charge in [-0.2, -0.15) is 0 Å². The van der Waals surface area contributed by atoms with Crippen molar-refractivity contribution in [2.24, 2.45) is 0 Å². The zero-order chi connectivity index (χ0) is 15.3. The van der Waals surface area contributed by atoms with E-state index >= 15 is 0 Å². The molecule has 0 aliphatic carbocycles.